The van der Waals surface area contributed by atoms with E-state index in [1.54, 1.807) is 29.2 Å². The van der Waals surface area contributed by atoms with Crippen molar-refractivity contribution in [1.82, 2.24) is 9.80 Å². The van der Waals surface area contributed by atoms with Gasteiger partial charge in [-0.3, -0.25) is 14.5 Å². The highest BCUT2D eigenvalue weighted by molar-refractivity contribution is 6.10. The van der Waals surface area contributed by atoms with Crippen LogP contribution in [0.5, 0.6) is 0 Å². The first-order valence-corrected chi connectivity index (χ1v) is 10.8. The summed E-state index contributed by atoms with van der Waals surface area (Å²) < 4.78 is 18.5. The quantitative estimate of drug-likeness (QED) is 0.718. The Labute approximate surface area is 192 Å². The average molecular weight is 457 g/mol. The maximum absolute atomic E-state index is 13.1. The van der Waals surface area contributed by atoms with Gasteiger partial charge in [-0.2, -0.15) is 0 Å². The molecular formula is C24H29FN4O4. The molecule has 1 fully saturated rings. The summed E-state index contributed by atoms with van der Waals surface area (Å²) in [5, 5.41) is 5.49. The van der Waals surface area contributed by atoms with Gasteiger partial charge in [0.1, 0.15) is 11.4 Å². The molecule has 2 aromatic carbocycles. The third kappa shape index (κ3) is 7.28. The summed E-state index contributed by atoms with van der Waals surface area (Å²) in [6.07, 6.45) is -0.354. The molecule has 1 aliphatic heterocycles. The van der Waals surface area contributed by atoms with Gasteiger partial charge in [0.2, 0.25) is 5.91 Å². The van der Waals surface area contributed by atoms with Gasteiger partial charge in [0.25, 0.3) is 5.91 Å². The minimum absolute atomic E-state index is 0.135. The van der Waals surface area contributed by atoms with Crippen molar-refractivity contribution >= 4 is 29.3 Å². The smallest absolute Gasteiger partial charge is 0.410 e. The van der Waals surface area contributed by atoms with Crippen LogP contribution in [0.1, 0.15) is 31.1 Å². The maximum atomic E-state index is 13.1. The van der Waals surface area contributed by atoms with Gasteiger partial charge in [0, 0.05) is 31.9 Å². The molecular weight excluding hydrogens is 427 g/mol. The Balaban J connectivity index is 1.53. The lowest BCUT2D eigenvalue weighted by atomic mass is 10.1. The summed E-state index contributed by atoms with van der Waals surface area (Å²) in [4.78, 5) is 41.1. The highest BCUT2D eigenvalue weighted by Crippen LogP contribution is 2.18. The van der Waals surface area contributed by atoms with Crippen LogP contribution in [0, 0.1) is 5.82 Å². The first-order chi connectivity index (χ1) is 15.6. The molecule has 0 aliphatic carbocycles. The van der Waals surface area contributed by atoms with E-state index in [1.807, 2.05) is 25.7 Å². The van der Waals surface area contributed by atoms with Crippen molar-refractivity contribution in [2.75, 3.05) is 43.4 Å². The molecule has 8 nitrogen and oxygen atoms in total. The monoisotopic (exact) mass is 456 g/mol. The fourth-order valence-electron chi connectivity index (χ4n) is 3.33. The van der Waals surface area contributed by atoms with E-state index in [-0.39, 0.29) is 18.5 Å². The minimum atomic E-state index is -0.551. The second-order valence-corrected chi connectivity index (χ2v) is 8.80. The zero-order chi connectivity index (χ0) is 24.0. The number of halogens is 1. The van der Waals surface area contributed by atoms with Crippen LogP contribution in [0.2, 0.25) is 0 Å². The number of ether oxygens (including phenoxy) is 1. The van der Waals surface area contributed by atoms with Gasteiger partial charge in [-0.1, -0.05) is 12.1 Å². The summed E-state index contributed by atoms with van der Waals surface area (Å²) >= 11 is 0. The number of benzene rings is 2. The third-order valence-electron chi connectivity index (χ3n) is 4.94. The molecule has 0 aromatic heterocycles. The number of amides is 3. The number of hydrogen-bond donors (Lipinski definition) is 2. The molecule has 2 aromatic rings. The zero-order valence-electron chi connectivity index (χ0n) is 19.1. The summed E-state index contributed by atoms with van der Waals surface area (Å²) in [6.45, 7) is 7.63. The Morgan fingerprint density at radius 1 is 0.939 bits per heavy atom. The lowest BCUT2D eigenvalue weighted by molar-refractivity contribution is -0.117. The largest absolute Gasteiger partial charge is 0.444 e. The van der Waals surface area contributed by atoms with Crippen LogP contribution in [0.4, 0.5) is 20.6 Å². The standard InChI is InChI=1S/C24H29FN4O4/c1-24(2,3)33-23(32)29-14-12-28(13-15-29)16-21(30)27-20-7-5-4-6-19(20)22(31)26-18-10-8-17(25)9-11-18/h4-11H,12-16H2,1-3H3,(H,26,31)(H,27,30). The average Bonchev–Trinajstić information content (AvgIpc) is 2.75. The number of nitrogens with one attached hydrogen (secondary N) is 2. The molecule has 0 spiro atoms. The lowest BCUT2D eigenvalue weighted by Crippen LogP contribution is -2.51. The topological polar surface area (TPSA) is 91.0 Å². The molecule has 1 saturated heterocycles. The molecule has 0 atom stereocenters. The van der Waals surface area contributed by atoms with Crippen molar-refractivity contribution in [3.63, 3.8) is 0 Å². The number of carbonyl (C=O) groups is 3. The third-order valence-corrected chi connectivity index (χ3v) is 4.94. The normalized spacial score (nSPS) is 14.5. The van der Waals surface area contributed by atoms with E-state index in [0.717, 1.165) is 0 Å². The molecule has 0 saturated carbocycles. The highest BCUT2D eigenvalue weighted by atomic mass is 19.1. The van der Waals surface area contributed by atoms with Gasteiger partial charge in [0.05, 0.1) is 17.8 Å². The van der Waals surface area contributed by atoms with Crippen LogP contribution in [-0.4, -0.2) is 66.0 Å². The van der Waals surface area contributed by atoms with E-state index >= 15 is 0 Å². The van der Waals surface area contributed by atoms with Crippen molar-refractivity contribution in [2.24, 2.45) is 0 Å². The summed E-state index contributed by atoms with van der Waals surface area (Å²) in [7, 11) is 0. The first-order valence-electron chi connectivity index (χ1n) is 10.8. The summed E-state index contributed by atoms with van der Waals surface area (Å²) in [6, 6.07) is 12.1. The van der Waals surface area contributed by atoms with Crippen molar-refractivity contribution < 1.29 is 23.5 Å². The predicted molar refractivity (Wildman–Crippen MR) is 124 cm³/mol. The second kappa shape index (κ2) is 10.4. The van der Waals surface area contributed by atoms with E-state index in [4.69, 9.17) is 4.74 Å². The van der Waals surface area contributed by atoms with Gasteiger partial charge >= 0.3 is 6.09 Å². The fourth-order valence-corrected chi connectivity index (χ4v) is 3.33. The first kappa shape index (κ1) is 24.2. The van der Waals surface area contributed by atoms with E-state index in [9.17, 15) is 18.8 Å². The Morgan fingerprint density at radius 3 is 2.21 bits per heavy atom. The van der Waals surface area contributed by atoms with Crippen LogP contribution < -0.4 is 10.6 Å². The molecule has 9 heteroatoms. The minimum Gasteiger partial charge on any atom is -0.444 e. The molecule has 0 unspecified atom stereocenters. The van der Waals surface area contributed by atoms with Crippen LogP contribution >= 0.6 is 0 Å². The van der Waals surface area contributed by atoms with Gasteiger partial charge in [0.15, 0.2) is 0 Å². The van der Waals surface area contributed by atoms with Crippen molar-refractivity contribution in [1.29, 1.82) is 0 Å². The maximum Gasteiger partial charge on any atom is 0.410 e. The predicted octanol–water partition coefficient (Wildman–Crippen LogP) is 3.57. The molecule has 176 valence electrons. The van der Waals surface area contributed by atoms with Crippen molar-refractivity contribution in [3.05, 3.63) is 59.9 Å². The number of nitrogens with zero attached hydrogens (tertiary/aromatic N) is 2. The molecule has 1 heterocycles. The zero-order valence-corrected chi connectivity index (χ0v) is 19.1. The number of para-hydroxylation sites is 1. The SMILES string of the molecule is CC(C)(C)OC(=O)N1CCN(CC(=O)Nc2ccccc2C(=O)Nc2ccc(F)cc2)CC1. The van der Waals surface area contributed by atoms with Crippen molar-refractivity contribution in [3.8, 4) is 0 Å². The van der Waals surface area contributed by atoms with Gasteiger partial charge in [-0.15, -0.1) is 0 Å². The lowest BCUT2D eigenvalue weighted by Gasteiger charge is -2.35. The summed E-state index contributed by atoms with van der Waals surface area (Å²) in [5.41, 5.74) is 0.578. The Morgan fingerprint density at radius 2 is 1.58 bits per heavy atom. The highest BCUT2D eigenvalue weighted by Gasteiger charge is 2.26. The number of piperazine rings is 1. The van der Waals surface area contributed by atoms with Gasteiger partial charge in [-0.25, -0.2) is 9.18 Å². The Kier molecular flexibility index (Phi) is 7.65. The molecule has 3 amide bonds. The molecule has 33 heavy (non-hydrogen) atoms. The molecule has 1 aliphatic rings. The van der Waals surface area contributed by atoms with Crippen LogP contribution in [0.25, 0.3) is 0 Å². The summed E-state index contributed by atoms with van der Waals surface area (Å²) in [5.74, 6) is -1.07. The van der Waals surface area contributed by atoms with E-state index in [0.29, 0.717) is 43.1 Å². The molecule has 0 bridgehead atoms. The van der Waals surface area contributed by atoms with Crippen LogP contribution in [0.3, 0.4) is 0 Å². The Hall–Kier alpha value is -3.46. The van der Waals surface area contributed by atoms with E-state index in [1.165, 1.54) is 24.3 Å². The number of anilines is 2. The van der Waals surface area contributed by atoms with Crippen LogP contribution in [0.15, 0.2) is 48.5 Å². The Bertz CT molecular complexity index is 996. The fraction of sp³-hybridized carbons (Fsp3) is 0.375. The number of carbonyl (C=O) groups excluding carboxylic acids is 3. The number of hydrogen-bond acceptors (Lipinski definition) is 5. The number of rotatable bonds is 5. The van der Waals surface area contributed by atoms with E-state index < -0.39 is 17.3 Å². The van der Waals surface area contributed by atoms with E-state index in [2.05, 4.69) is 10.6 Å². The van der Waals surface area contributed by atoms with Crippen molar-refractivity contribution in [2.45, 2.75) is 26.4 Å². The van der Waals surface area contributed by atoms with Crippen LogP contribution in [-0.2, 0) is 9.53 Å². The van der Waals surface area contributed by atoms with Gasteiger partial charge in [-0.05, 0) is 57.2 Å². The molecule has 2 N–H and O–H groups in total. The second-order valence-electron chi connectivity index (χ2n) is 8.80. The molecule has 0 radical (unpaired) electrons. The van der Waals surface area contributed by atoms with Gasteiger partial charge < -0.3 is 20.3 Å². The molecule has 3 rings (SSSR count).